The summed E-state index contributed by atoms with van der Waals surface area (Å²) in [5, 5.41) is 8.54. The molecule has 1 heterocycles. The third kappa shape index (κ3) is 2.96. The van der Waals surface area contributed by atoms with Gasteiger partial charge in [0.15, 0.2) is 0 Å². The van der Waals surface area contributed by atoms with Crippen LogP contribution < -0.4 is 5.73 Å². The zero-order valence-electron chi connectivity index (χ0n) is 11.9. The van der Waals surface area contributed by atoms with E-state index in [9.17, 15) is 4.79 Å². The van der Waals surface area contributed by atoms with Crippen LogP contribution in [0.15, 0.2) is 0 Å². The monoisotopic (exact) mass is 264 g/mol. The molecule has 19 heavy (non-hydrogen) atoms. The molecule has 106 valence electrons. The Kier molecular flexibility index (Phi) is 4.56. The second kappa shape index (κ2) is 6.17. The minimum absolute atomic E-state index is 0.214. The Morgan fingerprint density at radius 3 is 2.53 bits per heavy atom. The molecule has 0 atom stereocenters. The van der Waals surface area contributed by atoms with Crippen LogP contribution in [0, 0.1) is 0 Å². The first-order valence-corrected chi connectivity index (χ1v) is 7.39. The predicted molar refractivity (Wildman–Crippen MR) is 73.7 cm³/mol. The van der Waals surface area contributed by atoms with Crippen molar-refractivity contribution < 1.29 is 4.79 Å². The van der Waals surface area contributed by atoms with E-state index < -0.39 is 0 Å². The van der Waals surface area contributed by atoms with Gasteiger partial charge in [-0.05, 0) is 25.7 Å². The lowest BCUT2D eigenvalue weighted by atomic mass is 9.99. The molecule has 1 fully saturated rings. The van der Waals surface area contributed by atoms with Crippen LogP contribution in [0.2, 0.25) is 0 Å². The molecule has 1 aliphatic rings. The highest BCUT2D eigenvalue weighted by molar-refractivity contribution is 5.76. The van der Waals surface area contributed by atoms with Crippen LogP contribution in [0.25, 0.3) is 0 Å². The molecule has 0 aliphatic heterocycles. The number of aromatic nitrogens is 3. The molecule has 2 rings (SSSR count). The third-order valence-corrected chi connectivity index (χ3v) is 4.18. The maximum Gasteiger partial charge on any atom is 0.223 e. The number of nitrogens with zero attached hydrogens (tertiary/aromatic N) is 3. The van der Waals surface area contributed by atoms with E-state index in [0.29, 0.717) is 12.0 Å². The van der Waals surface area contributed by atoms with Gasteiger partial charge in [0.2, 0.25) is 5.91 Å². The van der Waals surface area contributed by atoms with E-state index in [4.69, 9.17) is 5.73 Å². The minimum Gasteiger partial charge on any atom is -0.369 e. The SMILES string of the molecule is CCC(CC)n1nnc(CC(N)=O)c1C1CCCC1. The summed E-state index contributed by atoms with van der Waals surface area (Å²) in [7, 11) is 0. The van der Waals surface area contributed by atoms with E-state index in [-0.39, 0.29) is 12.3 Å². The number of nitrogens with two attached hydrogens (primary N) is 1. The van der Waals surface area contributed by atoms with Crippen molar-refractivity contribution in [2.75, 3.05) is 0 Å². The second-order valence-electron chi connectivity index (χ2n) is 5.46. The summed E-state index contributed by atoms with van der Waals surface area (Å²) in [5.41, 5.74) is 7.30. The summed E-state index contributed by atoms with van der Waals surface area (Å²) >= 11 is 0. The first kappa shape index (κ1) is 14.0. The standard InChI is InChI=1S/C14H24N4O/c1-3-11(4-2)18-14(10-7-5-6-8-10)12(16-17-18)9-13(15)19/h10-11H,3-9H2,1-2H3,(H2,15,19). The van der Waals surface area contributed by atoms with Crippen molar-refractivity contribution in [3.05, 3.63) is 11.4 Å². The lowest BCUT2D eigenvalue weighted by molar-refractivity contribution is -0.117. The van der Waals surface area contributed by atoms with Gasteiger partial charge in [0, 0.05) is 5.92 Å². The Labute approximate surface area is 114 Å². The van der Waals surface area contributed by atoms with Gasteiger partial charge in [-0.1, -0.05) is 31.9 Å². The maximum absolute atomic E-state index is 11.2. The summed E-state index contributed by atoms with van der Waals surface area (Å²) in [6.45, 7) is 4.34. The Bertz CT molecular complexity index is 431. The van der Waals surface area contributed by atoms with Crippen LogP contribution in [0.4, 0.5) is 0 Å². The Morgan fingerprint density at radius 1 is 1.37 bits per heavy atom. The van der Waals surface area contributed by atoms with E-state index in [0.717, 1.165) is 18.5 Å². The predicted octanol–water partition coefficient (Wildman–Crippen LogP) is 2.32. The van der Waals surface area contributed by atoms with Crippen molar-refractivity contribution in [1.29, 1.82) is 0 Å². The van der Waals surface area contributed by atoms with Crippen LogP contribution in [-0.2, 0) is 11.2 Å². The van der Waals surface area contributed by atoms with Gasteiger partial charge in [-0.15, -0.1) is 5.10 Å². The fourth-order valence-corrected chi connectivity index (χ4v) is 3.15. The maximum atomic E-state index is 11.2. The molecule has 1 saturated carbocycles. The Balaban J connectivity index is 2.36. The minimum atomic E-state index is -0.323. The zero-order chi connectivity index (χ0) is 13.8. The molecule has 0 radical (unpaired) electrons. The molecule has 1 aliphatic carbocycles. The molecule has 1 aromatic rings. The second-order valence-corrected chi connectivity index (χ2v) is 5.46. The molecular formula is C14H24N4O. The number of hydrogen-bond acceptors (Lipinski definition) is 3. The number of rotatable bonds is 6. The summed E-state index contributed by atoms with van der Waals surface area (Å²) < 4.78 is 2.06. The average molecular weight is 264 g/mol. The van der Waals surface area contributed by atoms with E-state index >= 15 is 0 Å². The molecule has 1 amide bonds. The average Bonchev–Trinajstić information content (AvgIpc) is 2.99. The molecule has 0 bridgehead atoms. The van der Waals surface area contributed by atoms with Gasteiger partial charge in [-0.3, -0.25) is 4.79 Å². The topological polar surface area (TPSA) is 73.8 Å². The van der Waals surface area contributed by atoms with E-state index in [2.05, 4.69) is 28.8 Å². The van der Waals surface area contributed by atoms with Crippen molar-refractivity contribution >= 4 is 5.91 Å². The molecule has 0 unspecified atom stereocenters. The summed E-state index contributed by atoms with van der Waals surface area (Å²) in [6, 6.07) is 0.379. The first-order valence-electron chi connectivity index (χ1n) is 7.39. The zero-order valence-corrected chi connectivity index (χ0v) is 11.9. The highest BCUT2D eigenvalue weighted by atomic mass is 16.1. The van der Waals surface area contributed by atoms with Crippen molar-refractivity contribution in [3.63, 3.8) is 0 Å². The normalized spacial score (nSPS) is 16.4. The van der Waals surface area contributed by atoms with E-state index in [1.54, 1.807) is 0 Å². The molecule has 5 heteroatoms. The molecule has 0 saturated heterocycles. The van der Waals surface area contributed by atoms with Crippen LogP contribution in [0.1, 0.15) is 75.7 Å². The van der Waals surface area contributed by atoms with Gasteiger partial charge < -0.3 is 5.73 Å². The smallest absolute Gasteiger partial charge is 0.223 e. The van der Waals surface area contributed by atoms with Crippen molar-refractivity contribution in [2.45, 2.75) is 70.8 Å². The fourth-order valence-electron chi connectivity index (χ4n) is 3.15. The fraction of sp³-hybridized carbons (Fsp3) is 0.786. The number of amides is 1. The summed E-state index contributed by atoms with van der Waals surface area (Å²) in [6.07, 6.45) is 7.17. The van der Waals surface area contributed by atoms with Gasteiger partial charge in [-0.25, -0.2) is 4.68 Å². The summed E-state index contributed by atoms with van der Waals surface area (Å²) in [4.78, 5) is 11.2. The van der Waals surface area contributed by atoms with E-state index in [1.165, 1.54) is 31.4 Å². The molecular weight excluding hydrogens is 240 g/mol. The van der Waals surface area contributed by atoms with Crippen LogP contribution in [0.5, 0.6) is 0 Å². The number of carbonyl (C=O) groups excluding carboxylic acids is 1. The van der Waals surface area contributed by atoms with Crippen LogP contribution in [0.3, 0.4) is 0 Å². The summed E-state index contributed by atoms with van der Waals surface area (Å²) in [5.74, 6) is 0.181. The largest absolute Gasteiger partial charge is 0.369 e. The van der Waals surface area contributed by atoms with Crippen molar-refractivity contribution in [2.24, 2.45) is 5.73 Å². The van der Waals surface area contributed by atoms with Gasteiger partial charge in [-0.2, -0.15) is 0 Å². The van der Waals surface area contributed by atoms with Gasteiger partial charge in [0.05, 0.1) is 23.9 Å². The van der Waals surface area contributed by atoms with Crippen LogP contribution >= 0.6 is 0 Å². The molecule has 5 nitrogen and oxygen atoms in total. The van der Waals surface area contributed by atoms with Crippen LogP contribution in [-0.4, -0.2) is 20.9 Å². The molecule has 0 spiro atoms. The number of hydrogen-bond donors (Lipinski definition) is 1. The van der Waals surface area contributed by atoms with Crippen molar-refractivity contribution in [3.8, 4) is 0 Å². The molecule has 2 N–H and O–H groups in total. The third-order valence-electron chi connectivity index (χ3n) is 4.18. The first-order chi connectivity index (χ1) is 9.17. The van der Waals surface area contributed by atoms with Gasteiger partial charge >= 0.3 is 0 Å². The lowest BCUT2D eigenvalue weighted by Gasteiger charge is -2.19. The Morgan fingerprint density at radius 2 is 2.00 bits per heavy atom. The van der Waals surface area contributed by atoms with Crippen molar-refractivity contribution in [1.82, 2.24) is 15.0 Å². The molecule has 1 aromatic heterocycles. The van der Waals surface area contributed by atoms with Gasteiger partial charge in [0.1, 0.15) is 0 Å². The lowest BCUT2D eigenvalue weighted by Crippen LogP contribution is -2.18. The molecule has 0 aromatic carbocycles. The number of primary amides is 1. The van der Waals surface area contributed by atoms with Gasteiger partial charge in [0.25, 0.3) is 0 Å². The number of carbonyl (C=O) groups is 1. The Hall–Kier alpha value is -1.39. The quantitative estimate of drug-likeness (QED) is 0.857. The highest BCUT2D eigenvalue weighted by Crippen LogP contribution is 2.37. The highest BCUT2D eigenvalue weighted by Gasteiger charge is 2.28. The van der Waals surface area contributed by atoms with E-state index in [1.807, 2.05) is 0 Å².